The van der Waals surface area contributed by atoms with E-state index in [1.165, 1.54) is 36.0 Å². The molecular formula is C21H20N2. The average molecular weight is 300 g/mol. The maximum absolute atomic E-state index is 5.01. The van der Waals surface area contributed by atoms with E-state index in [-0.39, 0.29) is 0 Å². The Balaban J connectivity index is 1.92. The molecule has 0 N–H and O–H groups in total. The van der Waals surface area contributed by atoms with Gasteiger partial charge in [0.15, 0.2) is 0 Å². The van der Waals surface area contributed by atoms with E-state index in [1.807, 2.05) is 24.4 Å². The van der Waals surface area contributed by atoms with Crippen LogP contribution in [0.1, 0.15) is 30.4 Å². The van der Waals surface area contributed by atoms with Crippen molar-refractivity contribution in [2.75, 3.05) is 0 Å². The van der Waals surface area contributed by atoms with Crippen LogP contribution in [0.4, 0.5) is 0 Å². The predicted octanol–water partition coefficient (Wildman–Crippen LogP) is 5.08. The number of aromatic nitrogens is 2. The maximum atomic E-state index is 5.01. The molecule has 2 nitrogen and oxygen atoms in total. The van der Waals surface area contributed by atoms with Gasteiger partial charge in [0.05, 0.1) is 17.1 Å². The van der Waals surface area contributed by atoms with Crippen LogP contribution in [0.3, 0.4) is 0 Å². The van der Waals surface area contributed by atoms with Gasteiger partial charge >= 0.3 is 0 Å². The van der Waals surface area contributed by atoms with Crippen molar-refractivity contribution in [2.45, 2.75) is 32.1 Å². The molecule has 0 aliphatic heterocycles. The van der Waals surface area contributed by atoms with Crippen LogP contribution in [-0.4, -0.2) is 9.97 Å². The molecular weight excluding hydrogens is 280 g/mol. The van der Waals surface area contributed by atoms with Crippen molar-refractivity contribution in [1.82, 2.24) is 9.97 Å². The van der Waals surface area contributed by atoms with Gasteiger partial charge in [0, 0.05) is 11.8 Å². The zero-order valence-electron chi connectivity index (χ0n) is 13.2. The standard InChI is InChI=1S/C21H20N2/c1-3-9-16(10-4-1)20-15-17-11-5-2-6-12-18(17)21(23-20)19-13-7-8-14-22-19/h1,3-4,7-10,13-15H,2,5-6,11-12H2. The van der Waals surface area contributed by atoms with E-state index in [4.69, 9.17) is 4.98 Å². The summed E-state index contributed by atoms with van der Waals surface area (Å²) in [4.78, 5) is 9.57. The van der Waals surface area contributed by atoms with E-state index in [2.05, 4.69) is 41.4 Å². The molecule has 1 aliphatic carbocycles. The van der Waals surface area contributed by atoms with Gasteiger partial charge in [-0.25, -0.2) is 4.98 Å². The smallest absolute Gasteiger partial charge is 0.0928 e. The molecule has 0 bridgehead atoms. The van der Waals surface area contributed by atoms with E-state index in [9.17, 15) is 0 Å². The highest BCUT2D eigenvalue weighted by Gasteiger charge is 2.17. The minimum Gasteiger partial charge on any atom is -0.255 e. The predicted molar refractivity (Wildman–Crippen MR) is 94.2 cm³/mol. The number of nitrogens with zero attached hydrogens (tertiary/aromatic N) is 2. The molecule has 0 fully saturated rings. The second kappa shape index (κ2) is 6.33. The SMILES string of the molecule is c1ccc(-c2cc3c(c(-c4ccccn4)n2)CCCCC3)cc1. The number of hydrogen-bond acceptors (Lipinski definition) is 2. The van der Waals surface area contributed by atoms with Crippen molar-refractivity contribution in [3.05, 3.63) is 71.9 Å². The molecule has 1 aliphatic rings. The molecule has 3 aromatic rings. The van der Waals surface area contributed by atoms with E-state index < -0.39 is 0 Å². The first-order valence-corrected chi connectivity index (χ1v) is 8.41. The van der Waals surface area contributed by atoms with Crippen molar-refractivity contribution >= 4 is 0 Å². The van der Waals surface area contributed by atoms with Gasteiger partial charge in [-0.3, -0.25) is 4.98 Å². The second-order valence-electron chi connectivity index (χ2n) is 6.14. The maximum Gasteiger partial charge on any atom is 0.0928 e. The second-order valence-corrected chi connectivity index (χ2v) is 6.14. The molecule has 0 amide bonds. The summed E-state index contributed by atoms with van der Waals surface area (Å²) in [5.74, 6) is 0. The van der Waals surface area contributed by atoms with Crippen molar-refractivity contribution in [3.63, 3.8) is 0 Å². The fraction of sp³-hybridized carbons (Fsp3) is 0.238. The highest BCUT2D eigenvalue weighted by Crippen LogP contribution is 2.32. The fourth-order valence-corrected chi connectivity index (χ4v) is 3.39. The van der Waals surface area contributed by atoms with Gasteiger partial charge in [-0.1, -0.05) is 42.8 Å². The number of hydrogen-bond donors (Lipinski definition) is 0. The molecule has 0 saturated heterocycles. The van der Waals surface area contributed by atoms with E-state index >= 15 is 0 Å². The molecule has 2 heteroatoms. The summed E-state index contributed by atoms with van der Waals surface area (Å²) in [5, 5.41) is 0. The van der Waals surface area contributed by atoms with Gasteiger partial charge in [0.2, 0.25) is 0 Å². The first-order chi connectivity index (χ1) is 11.4. The first kappa shape index (κ1) is 14.1. The number of fused-ring (bicyclic) bond motifs is 1. The van der Waals surface area contributed by atoms with Crippen LogP contribution in [0.2, 0.25) is 0 Å². The average Bonchev–Trinajstić information content (AvgIpc) is 2.88. The van der Waals surface area contributed by atoms with Crippen LogP contribution in [0.25, 0.3) is 22.6 Å². The third-order valence-electron chi connectivity index (χ3n) is 4.57. The highest BCUT2D eigenvalue weighted by molar-refractivity contribution is 5.69. The van der Waals surface area contributed by atoms with Gasteiger partial charge in [-0.2, -0.15) is 0 Å². The Morgan fingerprint density at radius 3 is 2.39 bits per heavy atom. The van der Waals surface area contributed by atoms with Crippen molar-refractivity contribution in [2.24, 2.45) is 0 Å². The van der Waals surface area contributed by atoms with E-state index in [0.717, 1.165) is 29.9 Å². The van der Waals surface area contributed by atoms with Gasteiger partial charge in [0.25, 0.3) is 0 Å². The van der Waals surface area contributed by atoms with Crippen LogP contribution in [0, 0.1) is 0 Å². The Hall–Kier alpha value is -2.48. The summed E-state index contributed by atoms with van der Waals surface area (Å²) in [7, 11) is 0. The molecule has 0 unspecified atom stereocenters. The van der Waals surface area contributed by atoms with Gasteiger partial charge < -0.3 is 0 Å². The van der Waals surface area contributed by atoms with Crippen LogP contribution < -0.4 is 0 Å². The summed E-state index contributed by atoms with van der Waals surface area (Å²) >= 11 is 0. The minimum atomic E-state index is 0.989. The number of rotatable bonds is 2. The number of aryl methyl sites for hydroxylation is 1. The van der Waals surface area contributed by atoms with Crippen LogP contribution in [0.5, 0.6) is 0 Å². The number of pyridine rings is 2. The normalized spacial score (nSPS) is 14.1. The van der Waals surface area contributed by atoms with Crippen molar-refractivity contribution < 1.29 is 0 Å². The molecule has 4 rings (SSSR count). The Labute approximate surface area is 137 Å². The summed E-state index contributed by atoms with van der Waals surface area (Å²) in [6.45, 7) is 0. The van der Waals surface area contributed by atoms with Crippen LogP contribution in [-0.2, 0) is 12.8 Å². The first-order valence-electron chi connectivity index (χ1n) is 8.41. The van der Waals surface area contributed by atoms with Gasteiger partial charge in [0.1, 0.15) is 0 Å². The zero-order chi connectivity index (χ0) is 15.5. The quantitative estimate of drug-likeness (QED) is 0.617. The van der Waals surface area contributed by atoms with E-state index in [1.54, 1.807) is 0 Å². The topological polar surface area (TPSA) is 25.8 Å². The lowest BCUT2D eigenvalue weighted by Crippen LogP contribution is -2.01. The molecule has 2 heterocycles. The Bertz CT molecular complexity index is 795. The van der Waals surface area contributed by atoms with Crippen molar-refractivity contribution in [1.29, 1.82) is 0 Å². The van der Waals surface area contributed by atoms with Crippen LogP contribution in [0.15, 0.2) is 60.8 Å². The summed E-state index contributed by atoms with van der Waals surface area (Å²) < 4.78 is 0. The summed E-state index contributed by atoms with van der Waals surface area (Å²) in [5.41, 5.74) is 7.16. The monoisotopic (exact) mass is 300 g/mol. The van der Waals surface area contributed by atoms with Crippen LogP contribution >= 0.6 is 0 Å². The van der Waals surface area contributed by atoms with Gasteiger partial charge in [-0.15, -0.1) is 0 Å². The molecule has 2 aromatic heterocycles. The molecule has 0 radical (unpaired) electrons. The third kappa shape index (κ3) is 2.89. The molecule has 114 valence electrons. The number of benzene rings is 1. The molecule has 0 spiro atoms. The molecule has 0 saturated carbocycles. The van der Waals surface area contributed by atoms with E-state index in [0.29, 0.717) is 0 Å². The van der Waals surface area contributed by atoms with Gasteiger partial charge in [-0.05, 0) is 55.0 Å². The van der Waals surface area contributed by atoms with Crippen molar-refractivity contribution in [3.8, 4) is 22.6 Å². The minimum absolute atomic E-state index is 0.989. The summed E-state index contributed by atoms with van der Waals surface area (Å²) in [6, 6.07) is 18.8. The Kier molecular flexibility index (Phi) is 3.89. The zero-order valence-corrected chi connectivity index (χ0v) is 13.2. The fourth-order valence-electron chi connectivity index (χ4n) is 3.39. The lowest BCUT2D eigenvalue weighted by molar-refractivity contribution is 0.711. The highest BCUT2D eigenvalue weighted by atomic mass is 14.8. The lowest BCUT2D eigenvalue weighted by atomic mass is 9.97. The molecule has 23 heavy (non-hydrogen) atoms. The lowest BCUT2D eigenvalue weighted by Gasteiger charge is -2.14. The molecule has 0 atom stereocenters. The molecule has 1 aromatic carbocycles. The summed E-state index contributed by atoms with van der Waals surface area (Å²) in [6.07, 6.45) is 7.94. The third-order valence-corrected chi connectivity index (χ3v) is 4.57. The Morgan fingerprint density at radius 1 is 0.739 bits per heavy atom. The Morgan fingerprint density at radius 2 is 1.57 bits per heavy atom. The largest absolute Gasteiger partial charge is 0.255 e.